The Morgan fingerprint density at radius 1 is 1.14 bits per heavy atom. The van der Waals surface area contributed by atoms with Gasteiger partial charge in [-0.1, -0.05) is 24.3 Å². The molecule has 144 valence electrons. The number of ether oxygens (including phenoxy) is 1. The molecule has 2 heterocycles. The maximum Gasteiger partial charge on any atom is 0.359 e. The summed E-state index contributed by atoms with van der Waals surface area (Å²) in [6.07, 6.45) is 0. The van der Waals surface area contributed by atoms with E-state index in [4.69, 9.17) is 4.74 Å². The fraction of sp³-hybridized carbons (Fsp3) is 0.211. The highest BCUT2D eigenvalue weighted by atomic mass is 32.1. The molecule has 0 bridgehead atoms. The van der Waals surface area contributed by atoms with Crippen molar-refractivity contribution >= 4 is 39.9 Å². The molecule has 3 rings (SSSR count). The number of amides is 2. The maximum absolute atomic E-state index is 12.5. The van der Waals surface area contributed by atoms with Gasteiger partial charge in [-0.25, -0.2) is 9.48 Å². The third-order valence-electron chi connectivity index (χ3n) is 3.84. The molecule has 0 spiro atoms. The van der Waals surface area contributed by atoms with E-state index >= 15 is 0 Å². The number of rotatable bonds is 5. The smallest absolute Gasteiger partial charge is 0.359 e. The van der Waals surface area contributed by atoms with Crippen LogP contribution in [0.4, 0.5) is 0 Å². The number of esters is 1. The number of hydrogen-bond acceptors (Lipinski definition) is 7. The van der Waals surface area contributed by atoms with Gasteiger partial charge in [-0.05, 0) is 31.4 Å². The molecule has 0 saturated heterocycles. The van der Waals surface area contributed by atoms with Crippen LogP contribution in [0.15, 0.2) is 46.6 Å². The van der Waals surface area contributed by atoms with E-state index in [-0.39, 0.29) is 17.3 Å². The van der Waals surface area contributed by atoms with E-state index < -0.39 is 24.4 Å². The van der Waals surface area contributed by atoms with Gasteiger partial charge in [0.2, 0.25) is 0 Å². The highest BCUT2D eigenvalue weighted by Gasteiger charge is 2.20. The summed E-state index contributed by atoms with van der Waals surface area (Å²) < 4.78 is 6.21. The molecule has 1 N–H and O–H groups in total. The molecular formula is C19H17N3O5S. The minimum atomic E-state index is -0.857. The molecule has 3 aromatic rings. The maximum atomic E-state index is 12.5. The standard InChI is InChI=1S/C19H17N3O5S/c1-11(2)22-18(25)13-7-4-3-6-12(13)16(21-22)19(26)27-10-15(23)20-17(24)14-8-5-9-28-14/h3-9,11H,10H2,1-2H3,(H,20,23,24). The fourth-order valence-electron chi connectivity index (χ4n) is 2.54. The number of nitrogens with zero attached hydrogens (tertiary/aromatic N) is 2. The Balaban J connectivity index is 1.78. The van der Waals surface area contributed by atoms with Gasteiger partial charge in [-0.3, -0.25) is 19.7 Å². The molecule has 0 aliphatic carbocycles. The second-order valence-electron chi connectivity index (χ2n) is 6.17. The first kappa shape index (κ1) is 19.4. The summed E-state index contributed by atoms with van der Waals surface area (Å²) in [6, 6.07) is 9.54. The monoisotopic (exact) mass is 399 g/mol. The van der Waals surface area contributed by atoms with Crippen LogP contribution in [0, 0.1) is 0 Å². The van der Waals surface area contributed by atoms with Gasteiger partial charge < -0.3 is 4.74 Å². The first-order valence-electron chi connectivity index (χ1n) is 8.45. The molecular weight excluding hydrogens is 382 g/mol. The average molecular weight is 399 g/mol. The van der Waals surface area contributed by atoms with Crippen molar-refractivity contribution in [3.05, 3.63) is 62.7 Å². The zero-order valence-corrected chi connectivity index (χ0v) is 16.0. The van der Waals surface area contributed by atoms with Crippen LogP contribution in [-0.2, 0) is 9.53 Å². The molecule has 2 amide bonds. The number of imide groups is 1. The zero-order valence-electron chi connectivity index (χ0n) is 15.2. The number of carbonyl (C=O) groups is 3. The normalized spacial score (nSPS) is 10.8. The highest BCUT2D eigenvalue weighted by Crippen LogP contribution is 2.15. The van der Waals surface area contributed by atoms with E-state index in [9.17, 15) is 19.2 Å². The second-order valence-corrected chi connectivity index (χ2v) is 7.12. The molecule has 8 nitrogen and oxygen atoms in total. The van der Waals surface area contributed by atoms with Crippen LogP contribution >= 0.6 is 11.3 Å². The molecule has 0 fully saturated rings. The molecule has 9 heteroatoms. The lowest BCUT2D eigenvalue weighted by Crippen LogP contribution is -2.34. The van der Waals surface area contributed by atoms with E-state index in [1.54, 1.807) is 55.6 Å². The molecule has 0 atom stereocenters. The average Bonchev–Trinajstić information content (AvgIpc) is 3.21. The summed E-state index contributed by atoms with van der Waals surface area (Å²) in [5.41, 5.74) is -0.386. The number of carbonyl (C=O) groups excluding carboxylic acids is 3. The summed E-state index contributed by atoms with van der Waals surface area (Å²) in [4.78, 5) is 49.1. The summed E-state index contributed by atoms with van der Waals surface area (Å²) in [6.45, 7) is 2.89. The van der Waals surface area contributed by atoms with Crippen molar-refractivity contribution in [2.75, 3.05) is 6.61 Å². The molecule has 0 aliphatic rings. The van der Waals surface area contributed by atoms with Gasteiger partial charge in [0.25, 0.3) is 17.4 Å². The highest BCUT2D eigenvalue weighted by molar-refractivity contribution is 7.12. The minimum absolute atomic E-state index is 0.0683. The summed E-state index contributed by atoms with van der Waals surface area (Å²) in [7, 11) is 0. The van der Waals surface area contributed by atoms with Crippen LogP contribution in [0.5, 0.6) is 0 Å². The topological polar surface area (TPSA) is 107 Å². The number of benzene rings is 1. The predicted octanol–water partition coefficient (Wildman–Crippen LogP) is 2.15. The lowest BCUT2D eigenvalue weighted by molar-refractivity contribution is -0.123. The van der Waals surface area contributed by atoms with E-state index in [0.29, 0.717) is 15.6 Å². The third kappa shape index (κ3) is 3.99. The van der Waals surface area contributed by atoms with Crippen molar-refractivity contribution < 1.29 is 19.1 Å². The van der Waals surface area contributed by atoms with Crippen LogP contribution < -0.4 is 10.9 Å². The van der Waals surface area contributed by atoms with Crippen LogP contribution in [0.25, 0.3) is 10.8 Å². The molecule has 0 aliphatic heterocycles. The third-order valence-corrected chi connectivity index (χ3v) is 4.71. The number of thiophene rings is 1. The quantitative estimate of drug-likeness (QED) is 0.659. The van der Waals surface area contributed by atoms with Crippen molar-refractivity contribution in [2.45, 2.75) is 19.9 Å². The lowest BCUT2D eigenvalue weighted by Gasteiger charge is -2.13. The number of hydrogen-bond donors (Lipinski definition) is 1. The Morgan fingerprint density at radius 2 is 1.86 bits per heavy atom. The summed E-state index contributed by atoms with van der Waals surface area (Å²) >= 11 is 1.19. The van der Waals surface area contributed by atoms with Crippen molar-refractivity contribution in [2.24, 2.45) is 0 Å². The molecule has 2 aromatic heterocycles. The largest absolute Gasteiger partial charge is 0.451 e. The van der Waals surface area contributed by atoms with Gasteiger partial charge >= 0.3 is 5.97 Å². The Bertz CT molecular complexity index is 1100. The summed E-state index contributed by atoms with van der Waals surface area (Å²) in [5.74, 6) is -2.18. The van der Waals surface area contributed by atoms with Crippen LogP contribution in [0.2, 0.25) is 0 Å². The van der Waals surface area contributed by atoms with E-state index in [0.717, 1.165) is 0 Å². The minimum Gasteiger partial charge on any atom is -0.451 e. The molecule has 0 radical (unpaired) electrons. The molecule has 0 saturated carbocycles. The number of fused-ring (bicyclic) bond motifs is 1. The van der Waals surface area contributed by atoms with Crippen molar-refractivity contribution in [3.8, 4) is 0 Å². The van der Waals surface area contributed by atoms with E-state index in [1.165, 1.54) is 16.0 Å². The first-order valence-corrected chi connectivity index (χ1v) is 9.33. The number of aromatic nitrogens is 2. The lowest BCUT2D eigenvalue weighted by atomic mass is 10.1. The van der Waals surface area contributed by atoms with Crippen LogP contribution in [-0.4, -0.2) is 34.2 Å². The molecule has 0 unspecified atom stereocenters. The fourth-order valence-corrected chi connectivity index (χ4v) is 3.16. The van der Waals surface area contributed by atoms with Gasteiger partial charge in [0.05, 0.1) is 16.3 Å². The Hall–Kier alpha value is -3.33. The predicted molar refractivity (Wildman–Crippen MR) is 103 cm³/mol. The van der Waals surface area contributed by atoms with Crippen molar-refractivity contribution in [1.29, 1.82) is 0 Å². The zero-order chi connectivity index (χ0) is 20.3. The van der Waals surface area contributed by atoms with Gasteiger partial charge in [0.1, 0.15) is 0 Å². The van der Waals surface area contributed by atoms with Gasteiger partial charge in [0.15, 0.2) is 12.3 Å². The SMILES string of the molecule is CC(C)n1nc(C(=O)OCC(=O)NC(=O)c2cccs2)c2ccccc2c1=O. The van der Waals surface area contributed by atoms with Crippen LogP contribution in [0.3, 0.4) is 0 Å². The Morgan fingerprint density at radius 3 is 2.50 bits per heavy atom. The van der Waals surface area contributed by atoms with Crippen LogP contribution in [0.1, 0.15) is 40.0 Å². The van der Waals surface area contributed by atoms with E-state index in [1.807, 2.05) is 0 Å². The summed E-state index contributed by atoms with van der Waals surface area (Å²) in [5, 5.41) is 8.63. The van der Waals surface area contributed by atoms with Gasteiger partial charge in [-0.15, -0.1) is 11.3 Å². The molecule has 1 aromatic carbocycles. The van der Waals surface area contributed by atoms with Crippen molar-refractivity contribution in [3.63, 3.8) is 0 Å². The van der Waals surface area contributed by atoms with Gasteiger partial charge in [0, 0.05) is 5.39 Å². The van der Waals surface area contributed by atoms with Crippen molar-refractivity contribution in [1.82, 2.24) is 15.1 Å². The van der Waals surface area contributed by atoms with E-state index in [2.05, 4.69) is 10.4 Å². The Labute approximate surface area is 163 Å². The van der Waals surface area contributed by atoms with Gasteiger partial charge in [-0.2, -0.15) is 5.10 Å². The number of nitrogens with one attached hydrogen (secondary N) is 1. The molecule has 28 heavy (non-hydrogen) atoms. The Kier molecular flexibility index (Phi) is 5.65. The first-order chi connectivity index (χ1) is 13.4. The second kappa shape index (κ2) is 8.13.